The van der Waals surface area contributed by atoms with Gasteiger partial charge in [-0.1, -0.05) is 0 Å². The number of pyridine rings is 1. The number of nitrogens with zero attached hydrogens (tertiary/aromatic N) is 5. The predicted octanol–water partition coefficient (Wildman–Crippen LogP) is 0.0614. The van der Waals surface area contributed by atoms with Crippen LogP contribution < -0.4 is 5.73 Å². The fraction of sp³-hybridized carbons (Fsp3) is 0.200. The van der Waals surface area contributed by atoms with Crippen LogP contribution in [0.25, 0.3) is 0 Å². The van der Waals surface area contributed by atoms with E-state index in [1.165, 1.54) is 0 Å². The quantitative estimate of drug-likeness (QED) is 0.456. The van der Waals surface area contributed by atoms with Crippen LogP contribution in [0, 0.1) is 32.8 Å². The lowest BCUT2D eigenvalue weighted by Gasteiger charge is -2.15. The molecular weight excluding hydrogens is 252 g/mol. The van der Waals surface area contributed by atoms with Crippen molar-refractivity contribution in [1.82, 2.24) is 9.88 Å². The molecule has 9 heteroatoms. The average molecular weight is 260 g/mol. The van der Waals surface area contributed by atoms with E-state index in [2.05, 4.69) is 4.98 Å². The number of anilines is 1. The molecule has 9 nitrogen and oxygen atoms in total. The zero-order chi connectivity index (χ0) is 14.4. The molecule has 0 unspecified atom stereocenters. The van der Waals surface area contributed by atoms with Gasteiger partial charge in [-0.05, 0) is 6.07 Å². The summed E-state index contributed by atoms with van der Waals surface area (Å²) >= 11 is 0. The summed E-state index contributed by atoms with van der Waals surface area (Å²) in [6.45, 7) is -0.711. The molecule has 0 aliphatic heterocycles. The van der Waals surface area contributed by atoms with Crippen molar-refractivity contribution in [2.24, 2.45) is 0 Å². The molecule has 1 aromatic rings. The van der Waals surface area contributed by atoms with Crippen LogP contribution in [-0.2, 0) is 0 Å². The predicted molar refractivity (Wildman–Crippen MR) is 62.4 cm³/mol. The molecule has 0 fully saturated rings. The second-order valence-electron chi connectivity index (χ2n) is 3.36. The largest absolute Gasteiger partial charge is 0.384 e. The monoisotopic (exact) mass is 260 g/mol. The Hall–Kier alpha value is -3.20. The number of aromatic nitrogens is 1. The normalized spacial score (nSPS) is 9.16. The van der Waals surface area contributed by atoms with Crippen LogP contribution in [0.3, 0.4) is 0 Å². The van der Waals surface area contributed by atoms with E-state index in [1.807, 2.05) is 0 Å². The molecule has 0 aliphatic rings. The Balaban J connectivity index is 3.24. The maximum Gasteiger partial charge on any atom is 0.300 e. The summed E-state index contributed by atoms with van der Waals surface area (Å²) in [6.07, 6.45) is 0.861. The van der Waals surface area contributed by atoms with Gasteiger partial charge in [0.1, 0.15) is 30.7 Å². The summed E-state index contributed by atoms with van der Waals surface area (Å²) in [5, 5.41) is 27.9. The lowest BCUT2D eigenvalue weighted by atomic mass is 10.2. The maximum absolute atomic E-state index is 12.0. The SMILES string of the molecule is N#CCN(CC#N)C(=O)c1cc(N)ncc1[N+](=O)[O-]. The Morgan fingerprint density at radius 1 is 1.47 bits per heavy atom. The molecule has 1 aromatic heterocycles. The van der Waals surface area contributed by atoms with Gasteiger partial charge in [-0.25, -0.2) is 4.98 Å². The van der Waals surface area contributed by atoms with Crippen LogP contribution in [0.15, 0.2) is 12.3 Å². The minimum atomic E-state index is -0.816. The smallest absolute Gasteiger partial charge is 0.300 e. The molecule has 0 saturated heterocycles. The number of hydrogen-bond donors (Lipinski definition) is 1. The Kier molecular flexibility index (Phi) is 4.33. The van der Waals surface area contributed by atoms with Crippen molar-refractivity contribution >= 4 is 17.4 Å². The molecule has 2 N–H and O–H groups in total. The second kappa shape index (κ2) is 5.93. The van der Waals surface area contributed by atoms with Gasteiger partial charge in [-0.2, -0.15) is 10.5 Å². The topological polar surface area (TPSA) is 150 Å². The van der Waals surface area contributed by atoms with Crippen LogP contribution in [0.1, 0.15) is 10.4 Å². The van der Waals surface area contributed by atoms with Gasteiger partial charge in [-0.3, -0.25) is 14.9 Å². The van der Waals surface area contributed by atoms with Gasteiger partial charge in [-0.15, -0.1) is 0 Å². The number of hydrogen-bond acceptors (Lipinski definition) is 7. The highest BCUT2D eigenvalue weighted by Crippen LogP contribution is 2.20. The van der Waals surface area contributed by atoms with E-state index >= 15 is 0 Å². The molecule has 0 aromatic carbocycles. The highest BCUT2D eigenvalue weighted by atomic mass is 16.6. The molecule has 1 heterocycles. The zero-order valence-corrected chi connectivity index (χ0v) is 9.61. The zero-order valence-electron chi connectivity index (χ0n) is 9.61. The van der Waals surface area contributed by atoms with Gasteiger partial charge < -0.3 is 10.6 Å². The number of nitrogens with two attached hydrogens (primary N) is 1. The minimum absolute atomic E-state index is 0.0668. The summed E-state index contributed by atoms with van der Waals surface area (Å²) in [5.41, 5.74) is 4.55. The first-order chi connectivity index (χ1) is 9.01. The van der Waals surface area contributed by atoms with Crippen molar-refractivity contribution in [3.05, 3.63) is 27.9 Å². The van der Waals surface area contributed by atoms with E-state index in [-0.39, 0.29) is 24.5 Å². The van der Waals surface area contributed by atoms with Crippen LogP contribution in [0.4, 0.5) is 11.5 Å². The standard InChI is InChI=1S/C10H8N6O3/c11-1-3-15(4-2-12)10(17)7-5-9(13)14-6-8(7)16(18)19/h5-6H,3-4H2,(H2,13,14). The summed E-state index contributed by atoms with van der Waals surface area (Å²) in [4.78, 5) is 26.5. The van der Waals surface area contributed by atoms with Crippen molar-refractivity contribution in [3.63, 3.8) is 0 Å². The Morgan fingerprint density at radius 2 is 2.05 bits per heavy atom. The van der Waals surface area contributed by atoms with Crippen LogP contribution >= 0.6 is 0 Å². The fourth-order valence-electron chi connectivity index (χ4n) is 1.32. The highest BCUT2D eigenvalue weighted by Gasteiger charge is 2.25. The molecule has 0 radical (unpaired) electrons. The summed E-state index contributed by atoms with van der Waals surface area (Å²) in [5.74, 6) is -0.883. The van der Waals surface area contributed by atoms with Crippen molar-refractivity contribution in [1.29, 1.82) is 10.5 Å². The summed E-state index contributed by atoms with van der Waals surface area (Å²) in [7, 11) is 0. The lowest BCUT2D eigenvalue weighted by Crippen LogP contribution is -2.32. The molecule has 1 rings (SSSR count). The van der Waals surface area contributed by atoms with Crippen molar-refractivity contribution in [2.45, 2.75) is 0 Å². The Labute approximate surface area is 107 Å². The third-order valence-electron chi connectivity index (χ3n) is 2.14. The number of nitro groups is 1. The van der Waals surface area contributed by atoms with E-state index in [4.69, 9.17) is 16.3 Å². The number of carbonyl (C=O) groups is 1. The van der Waals surface area contributed by atoms with Gasteiger partial charge in [0, 0.05) is 0 Å². The molecule has 96 valence electrons. The molecule has 0 spiro atoms. The lowest BCUT2D eigenvalue weighted by molar-refractivity contribution is -0.385. The van der Waals surface area contributed by atoms with Crippen molar-refractivity contribution < 1.29 is 9.72 Å². The third kappa shape index (κ3) is 3.14. The number of nitrogen functional groups attached to an aromatic ring is 1. The molecule has 0 saturated carbocycles. The Morgan fingerprint density at radius 3 is 2.53 bits per heavy atom. The first-order valence-corrected chi connectivity index (χ1v) is 4.94. The van der Waals surface area contributed by atoms with Gasteiger partial charge in [0.15, 0.2) is 0 Å². The molecule has 0 aliphatic carbocycles. The third-order valence-corrected chi connectivity index (χ3v) is 2.14. The number of amides is 1. The maximum atomic E-state index is 12.0. The van der Waals surface area contributed by atoms with Gasteiger partial charge in [0.25, 0.3) is 11.6 Å². The number of rotatable bonds is 4. The van der Waals surface area contributed by atoms with E-state index in [0.717, 1.165) is 17.2 Å². The van der Waals surface area contributed by atoms with Gasteiger partial charge >= 0.3 is 0 Å². The number of nitriles is 2. The first-order valence-electron chi connectivity index (χ1n) is 4.94. The van der Waals surface area contributed by atoms with Crippen molar-refractivity contribution in [2.75, 3.05) is 18.8 Å². The second-order valence-corrected chi connectivity index (χ2v) is 3.36. The average Bonchev–Trinajstić information content (AvgIpc) is 2.37. The van der Waals surface area contributed by atoms with Gasteiger partial charge in [0.2, 0.25) is 0 Å². The fourth-order valence-corrected chi connectivity index (χ4v) is 1.32. The van der Waals surface area contributed by atoms with E-state index in [9.17, 15) is 14.9 Å². The number of carbonyl (C=O) groups excluding carboxylic acids is 1. The van der Waals surface area contributed by atoms with Crippen LogP contribution in [0.2, 0.25) is 0 Å². The summed E-state index contributed by atoms with van der Waals surface area (Å²) < 4.78 is 0. The van der Waals surface area contributed by atoms with Crippen molar-refractivity contribution in [3.8, 4) is 12.1 Å². The van der Waals surface area contributed by atoms with E-state index in [1.54, 1.807) is 12.1 Å². The molecule has 0 bridgehead atoms. The highest BCUT2D eigenvalue weighted by molar-refractivity contribution is 5.98. The molecule has 1 amide bonds. The summed E-state index contributed by atoms with van der Waals surface area (Å²) in [6, 6.07) is 4.45. The van der Waals surface area contributed by atoms with Crippen LogP contribution in [0.5, 0.6) is 0 Å². The minimum Gasteiger partial charge on any atom is -0.384 e. The van der Waals surface area contributed by atoms with Crippen LogP contribution in [-0.4, -0.2) is 33.8 Å². The molecule has 19 heavy (non-hydrogen) atoms. The van der Waals surface area contributed by atoms with E-state index in [0.29, 0.717) is 0 Å². The van der Waals surface area contributed by atoms with Gasteiger partial charge in [0.05, 0.1) is 17.1 Å². The molecular formula is C10H8N6O3. The van der Waals surface area contributed by atoms with E-state index < -0.39 is 16.5 Å². The first kappa shape index (κ1) is 13.9. The molecule has 0 atom stereocenters. The Bertz CT molecular complexity index is 584.